The number of rotatable bonds is 6. The van der Waals surface area contributed by atoms with Gasteiger partial charge in [0, 0.05) is 18.3 Å². The van der Waals surface area contributed by atoms with E-state index in [1.54, 1.807) is 6.20 Å². The Bertz CT molecular complexity index is 947. The van der Waals surface area contributed by atoms with Gasteiger partial charge in [-0.15, -0.1) is 0 Å². The van der Waals surface area contributed by atoms with E-state index in [1.165, 1.54) is 0 Å². The minimum Gasteiger partial charge on any atom is -0.473 e. The summed E-state index contributed by atoms with van der Waals surface area (Å²) in [5, 5.41) is 0. The summed E-state index contributed by atoms with van der Waals surface area (Å²) in [7, 11) is 0. The van der Waals surface area contributed by atoms with Crippen LogP contribution in [-0.2, 0) is 18.0 Å². The van der Waals surface area contributed by atoms with Crippen molar-refractivity contribution in [2.75, 3.05) is 6.54 Å². The number of pyridine rings is 1. The van der Waals surface area contributed by atoms with Gasteiger partial charge in [-0.2, -0.15) is 0 Å². The minimum absolute atomic E-state index is 0.0958. The average Bonchev–Trinajstić information content (AvgIpc) is 2.83. The molecule has 1 saturated heterocycles. The summed E-state index contributed by atoms with van der Waals surface area (Å²) in [6.07, 6.45) is 4.33. The molecule has 154 valence electrons. The Morgan fingerprint density at radius 2 is 1.60 bits per heavy atom. The number of ether oxygens (including phenoxy) is 2. The zero-order chi connectivity index (χ0) is 20.6. The highest BCUT2D eigenvalue weighted by Gasteiger charge is 2.31. The second-order valence-electron chi connectivity index (χ2n) is 7.42. The average molecular weight is 402 g/mol. The van der Waals surface area contributed by atoms with E-state index in [0.717, 1.165) is 36.0 Å². The molecule has 0 aliphatic carbocycles. The Kier molecular flexibility index (Phi) is 6.60. The first-order valence-corrected chi connectivity index (χ1v) is 10.4. The van der Waals surface area contributed by atoms with Gasteiger partial charge in [-0.05, 0) is 36.5 Å². The quantitative estimate of drug-likeness (QED) is 0.544. The number of carbonyl (C=O) groups is 1. The number of likely N-dealkylation sites (tertiary alicyclic amines) is 1. The standard InChI is InChI=1S/C25H26N2O3/c28-25(30-19-21-12-5-2-6-13-21)27-17-8-7-15-23(27)22-14-9-16-26-24(22)29-18-20-10-3-1-4-11-20/h1-6,9-14,16,23H,7-8,15,17-19H2. The van der Waals surface area contributed by atoms with Crippen molar-refractivity contribution in [3.63, 3.8) is 0 Å². The van der Waals surface area contributed by atoms with Crippen LogP contribution in [0.25, 0.3) is 0 Å². The molecule has 0 saturated carbocycles. The Morgan fingerprint density at radius 1 is 0.900 bits per heavy atom. The zero-order valence-corrected chi connectivity index (χ0v) is 16.9. The van der Waals surface area contributed by atoms with E-state index in [1.807, 2.05) is 77.7 Å². The van der Waals surface area contributed by atoms with E-state index in [0.29, 0.717) is 19.0 Å². The largest absolute Gasteiger partial charge is 0.473 e. The summed E-state index contributed by atoms with van der Waals surface area (Å²) in [6.45, 7) is 1.38. The van der Waals surface area contributed by atoms with Crippen LogP contribution in [0, 0.1) is 0 Å². The van der Waals surface area contributed by atoms with Crippen molar-refractivity contribution in [1.82, 2.24) is 9.88 Å². The fraction of sp³-hybridized carbons (Fsp3) is 0.280. The molecule has 2 heterocycles. The molecule has 0 radical (unpaired) electrons. The molecule has 3 aromatic rings. The number of piperidine rings is 1. The van der Waals surface area contributed by atoms with Gasteiger partial charge in [0.2, 0.25) is 5.88 Å². The van der Waals surface area contributed by atoms with Gasteiger partial charge in [0.15, 0.2) is 0 Å². The van der Waals surface area contributed by atoms with Crippen molar-refractivity contribution in [3.8, 4) is 5.88 Å². The number of hydrogen-bond donors (Lipinski definition) is 0. The van der Waals surface area contributed by atoms with Crippen LogP contribution in [0.5, 0.6) is 5.88 Å². The first kappa shape index (κ1) is 20.0. The smallest absolute Gasteiger partial charge is 0.410 e. The van der Waals surface area contributed by atoms with Gasteiger partial charge >= 0.3 is 6.09 Å². The molecule has 1 atom stereocenters. The molecular weight excluding hydrogens is 376 g/mol. The van der Waals surface area contributed by atoms with E-state index in [9.17, 15) is 4.79 Å². The maximum atomic E-state index is 12.9. The Morgan fingerprint density at radius 3 is 2.33 bits per heavy atom. The second kappa shape index (κ2) is 9.92. The van der Waals surface area contributed by atoms with Crippen LogP contribution >= 0.6 is 0 Å². The summed E-state index contributed by atoms with van der Waals surface area (Å²) in [4.78, 5) is 19.2. The van der Waals surface area contributed by atoms with Crippen molar-refractivity contribution in [3.05, 3.63) is 95.7 Å². The predicted molar refractivity (Wildman–Crippen MR) is 115 cm³/mol. The van der Waals surface area contributed by atoms with Crippen molar-refractivity contribution in [1.29, 1.82) is 0 Å². The van der Waals surface area contributed by atoms with Gasteiger partial charge in [0.05, 0.1) is 6.04 Å². The van der Waals surface area contributed by atoms with Crippen molar-refractivity contribution in [2.24, 2.45) is 0 Å². The van der Waals surface area contributed by atoms with Crippen LogP contribution in [0.2, 0.25) is 0 Å². The molecule has 1 fully saturated rings. The normalized spacial score (nSPS) is 16.1. The lowest BCUT2D eigenvalue weighted by Gasteiger charge is -2.35. The number of carbonyl (C=O) groups excluding carboxylic acids is 1. The molecule has 2 aromatic carbocycles. The molecule has 30 heavy (non-hydrogen) atoms. The third kappa shape index (κ3) is 4.98. The fourth-order valence-electron chi connectivity index (χ4n) is 3.78. The third-order valence-electron chi connectivity index (χ3n) is 5.32. The van der Waals surface area contributed by atoms with E-state index in [4.69, 9.17) is 9.47 Å². The summed E-state index contributed by atoms with van der Waals surface area (Å²) < 4.78 is 11.7. The first-order valence-electron chi connectivity index (χ1n) is 10.4. The topological polar surface area (TPSA) is 51.7 Å². The van der Waals surface area contributed by atoms with Gasteiger partial charge in [-0.25, -0.2) is 9.78 Å². The highest BCUT2D eigenvalue weighted by atomic mass is 16.6. The Labute approximate surface area is 177 Å². The minimum atomic E-state index is -0.290. The van der Waals surface area contributed by atoms with Gasteiger partial charge in [-0.1, -0.05) is 66.7 Å². The fourth-order valence-corrected chi connectivity index (χ4v) is 3.78. The molecule has 0 N–H and O–H groups in total. The SMILES string of the molecule is O=C(OCc1ccccc1)N1CCCCC1c1cccnc1OCc1ccccc1. The lowest BCUT2D eigenvalue weighted by molar-refractivity contribution is 0.0669. The molecule has 1 aliphatic rings. The van der Waals surface area contributed by atoms with E-state index >= 15 is 0 Å². The first-order chi connectivity index (χ1) is 14.8. The van der Waals surface area contributed by atoms with Crippen molar-refractivity contribution >= 4 is 6.09 Å². The van der Waals surface area contributed by atoms with E-state index in [2.05, 4.69) is 4.98 Å². The van der Waals surface area contributed by atoms with E-state index < -0.39 is 0 Å². The molecule has 4 rings (SSSR count). The second-order valence-corrected chi connectivity index (χ2v) is 7.42. The van der Waals surface area contributed by atoms with Crippen LogP contribution in [-0.4, -0.2) is 22.5 Å². The van der Waals surface area contributed by atoms with Gasteiger partial charge in [0.1, 0.15) is 13.2 Å². The number of hydrogen-bond acceptors (Lipinski definition) is 4. The van der Waals surface area contributed by atoms with Crippen LogP contribution in [0.15, 0.2) is 79.0 Å². The molecule has 5 nitrogen and oxygen atoms in total. The van der Waals surface area contributed by atoms with E-state index in [-0.39, 0.29) is 18.7 Å². The molecule has 1 amide bonds. The number of aromatic nitrogens is 1. The van der Waals surface area contributed by atoms with Gasteiger partial charge in [-0.3, -0.25) is 0 Å². The predicted octanol–water partition coefficient (Wildman–Crippen LogP) is 5.52. The monoisotopic (exact) mass is 402 g/mol. The van der Waals surface area contributed by atoms with Gasteiger partial charge in [0.25, 0.3) is 0 Å². The molecule has 0 bridgehead atoms. The van der Waals surface area contributed by atoms with Crippen LogP contribution < -0.4 is 4.74 Å². The molecule has 1 aromatic heterocycles. The van der Waals surface area contributed by atoms with Crippen LogP contribution in [0.1, 0.15) is 42.0 Å². The third-order valence-corrected chi connectivity index (χ3v) is 5.32. The highest BCUT2D eigenvalue weighted by Crippen LogP contribution is 2.35. The Balaban J connectivity index is 1.47. The van der Waals surface area contributed by atoms with Crippen LogP contribution in [0.4, 0.5) is 4.79 Å². The maximum absolute atomic E-state index is 12.9. The van der Waals surface area contributed by atoms with Crippen molar-refractivity contribution < 1.29 is 14.3 Å². The summed E-state index contributed by atoms with van der Waals surface area (Å²) in [6, 6.07) is 23.6. The van der Waals surface area contributed by atoms with Crippen molar-refractivity contribution in [2.45, 2.75) is 38.5 Å². The zero-order valence-electron chi connectivity index (χ0n) is 16.9. The number of nitrogens with zero attached hydrogens (tertiary/aromatic N) is 2. The summed E-state index contributed by atoms with van der Waals surface area (Å²) in [5.74, 6) is 0.578. The highest BCUT2D eigenvalue weighted by molar-refractivity contribution is 5.68. The molecule has 0 spiro atoms. The summed E-state index contributed by atoms with van der Waals surface area (Å²) in [5.41, 5.74) is 2.99. The molecule has 1 aliphatic heterocycles. The van der Waals surface area contributed by atoms with Crippen LogP contribution in [0.3, 0.4) is 0 Å². The number of benzene rings is 2. The molecule has 1 unspecified atom stereocenters. The maximum Gasteiger partial charge on any atom is 0.410 e. The molecule has 5 heteroatoms. The number of amides is 1. The summed E-state index contributed by atoms with van der Waals surface area (Å²) >= 11 is 0. The lowest BCUT2D eigenvalue weighted by atomic mass is 9.96. The Hall–Kier alpha value is -3.34. The van der Waals surface area contributed by atoms with Gasteiger partial charge < -0.3 is 14.4 Å². The lowest BCUT2D eigenvalue weighted by Crippen LogP contribution is -2.39. The molecular formula is C25H26N2O3.